The molecule has 0 bridgehead atoms. The molecule has 1 heterocycles. The zero-order chi connectivity index (χ0) is 22.1. The van der Waals surface area contributed by atoms with Gasteiger partial charge in [0.1, 0.15) is 17.1 Å². The molecule has 1 aliphatic rings. The van der Waals surface area contributed by atoms with Crippen molar-refractivity contribution in [2.45, 2.75) is 79.8 Å². The topological polar surface area (TPSA) is 18.5 Å². The van der Waals surface area contributed by atoms with Gasteiger partial charge >= 0.3 is 0 Å². The smallest absolute Gasteiger partial charge is 0.132 e. The van der Waals surface area contributed by atoms with Crippen LogP contribution in [0.5, 0.6) is 11.5 Å². The Balaban J connectivity index is 2.05. The molecule has 2 aromatic carbocycles. The fraction of sp³-hybridized carbons (Fsp3) is 0.500. The van der Waals surface area contributed by atoms with Crippen LogP contribution in [0.1, 0.15) is 83.9 Å². The molecule has 1 aliphatic heterocycles. The van der Waals surface area contributed by atoms with Crippen LogP contribution in [-0.2, 0) is 5.60 Å². The number of fused-ring (bicyclic) bond motifs is 3. The highest BCUT2D eigenvalue weighted by Gasteiger charge is 2.35. The van der Waals surface area contributed by atoms with E-state index in [0.29, 0.717) is 18.4 Å². The van der Waals surface area contributed by atoms with E-state index in [1.807, 2.05) is 0 Å². The molecule has 0 amide bonds. The highest BCUT2D eigenvalue weighted by molar-refractivity contribution is 5.82. The average Bonchev–Trinajstić information content (AvgIpc) is 2.66. The first-order valence-electron chi connectivity index (χ1n) is 11.4. The standard InChI is InChI=1S/C28H38O2/c1-9-29-25-16-22(21(6)20(5)12-10-11-18(2)3)17-26-27(25)23-15-19(4)13-14-24(23)28(7,8)30-26/h11,13-17,20-21H,9-10,12H2,1-8H3. The molecule has 30 heavy (non-hydrogen) atoms. The second-order valence-corrected chi connectivity index (χ2v) is 9.61. The van der Waals surface area contributed by atoms with E-state index < -0.39 is 0 Å². The average molecular weight is 407 g/mol. The van der Waals surface area contributed by atoms with E-state index in [1.165, 1.54) is 34.2 Å². The van der Waals surface area contributed by atoms with Crippen molar-refractivity contribution in [3.63, 3.8) is 0 Å². The summed E-state index contributed by atoms with van der Waals surface area (Å²) >= 11 is 0. The molecule has 0 aromatic heterocycles. The molecular weight excluding hydrogens is 368 g/mol. The van der Waals surface area contributed by atoms with Crippen molar-refractivity contribution in [1.29, 1.82) is 0 Å². The van der Waals surface area contributed by atoms with Gasteiger partial charge in [-0.15, -0.1) is 0 Å². The Labute approximate surface area is 183 Å². The first-order chi connectivity index (χ1) is 14.1. The third-order valence-electron chi connectivity index (χ3n) is 6.40. The third kappa shape index (κ3) is 4.58. The fourth-order valence-electron chi connectivity index (χ4n) is 4.42. The molecule has 0 aliphatic carbocycles. The van der Waals surface area contributed by atoms with Crippen LogP contribution in [0.15, 0.2) is 42.0 Å². The molecule has 3 rings (SSSR count). The third-order valence-corrected chi connectivity index (χ3v) is 6.40. The number of hydrogen-bond acceptors (Lipinski definition) is 2. The molecule has 0 spiro atoms. The van der Waals surface area contributed by atoms with E-state index in [0.717, 1.165) is 23.5 Å². The predicted octanol–water partition coefficient (Wildman–Crippen LogP) is 8.17. The van der Waals surface area contributed by atoms with Crippen LogP contribution in [0.3, 0.4) is 0 Å². The molecule has 0 radical (unpaired) electrons. The van der Waals surface area contributed by atoms with Gasteiger partial charge in [-0.25, -0.2) is 0 Å². The Morgan fingerprint density at radius 1 is 1.13 bits per heavy atom. The fourth-order valence-corrected chi connectivity index (χ4v) is 4.42. The van der Waals surface area contributed by atoms with Crippen LogP contribution in [0.25, 0.3) is 11.1 Å². The van der Waals surface area contributed by atoms with Crippen molar-refractivity contribution in [3.05, 3.63) is 58.7 Å². The van der Waals surface area contributed by atoms with Gasteiger partial charge in [0.05, 0.1) is 12.2 Å². The summed E-state index contributed by atoms with van der Waals surface area (Å²) in [5, 5.41) is 0. The summed E-state index contributed by atoms with van der Waals surface area (Å²) in [6.45, 7) is 18.2. The minimum absolute atomic E-state index is 0.365. The molecular formula is C28H38O2. The Morgan fingerprint density at radius 3 is 2.53 bits per heavy atom. The maximum atomic E-state index is 6.57. The lowest BCUT2D eigenvalue weighted by Crippen LogP contribution is -2.29. The number of benzene rings is 2. The van der Waals surface area contributed by atoms with Crippen LogP contribution in [-0.4, -0.2) is 6.61 Å². The van der Waals surface area contributed by atoms with E-state index in [9.17, 15) is 0 Å². The quantitative estimate of drug-likeness (QED) is 0.432. The van der Waals surface area contributed by atoms with E-state index in [2.05, 4.69) is 91.8 Å². The van der Waals surface area contributed by atoms with Crippen LogP contribution in [0, 0.1) is 12.8 Å². The predicted molar refractivity (Wildman–Crippen MR) is 128 cm³/mol. The Hall–Kier alpha value is -2.22. The zero-order valence-electron chi connectivity index (χ0n) is 20.1. The van der Waals surface area contributed by atoms with Crippen molar-refractivity contribution in [3.8, 4) is 22.6 Å². The number of rotatable bonds is 7. The molecule has 0 fully saturated rings. The Bertz CT molecular complexity index is 932. The first kappa shape index (κ1) is 22.5. The summed E-state index contributed by atoms with van der Waals surface area (Å²) in [4.78, 5) is 0. The molecule has 0 saturated carbocycles. The summed E-state index contributed by atoms with van der Waals surface area (Å²) in [6.07, 6.45) is 4.65. The largest absolute Gasteiger partial charge is 0.493 e. The normalized spacial score (nSPS) is 16.0. The number of ether oxygens (including phenoxy) is 2. The van der Waals surface area contributed by atoms with Gasteiger partial charge in [-0.1, -0.05) is 49.3 Å². The van der Waals surface area contributed by atoms with E-state index in [4.69, 9.17) is 9.47 Å². The van der Waals surface area contributed by atoms with Gasteiger partial charge in [-0.3, -0.25) is 0 Å². The number of aryl methyl sites for hydroxylation is 1. The highest BCUT2D eigenvalue weighted by atomic mass is 16.5. The summed E-state index contributed by atoms with van der Waals surface area (Å²) in [7, 11) is 0. The Morgan fingerprint density at radius 2 is 1.87 bits per heavy atom. The summed E-state index contributed by atoms with van der Waals surface area (Å²) in [5.41, 5.74) is 7.14. The van der Waals surface area contributed by atoms with Crippen molar-refractivity contribution >= 4 is 0 Å². The Kier molecular flexibility index (Phi) is 6.65. The lowest BCUT2D eigenvalue weighted by atomic mass is 9.81. The SMILES string of the molecule is CCOc1cc(C(C)C(C)CCC=C(C)C)cc2c1-c1cc(C)ccc1C(C)(C)O2. The van der Waals surface area contributed by atoms with Crippen molar-refractivity contribution in [1.82, 2.24) is 0 Å². The molecule has 0 N–H and O–H groups in total. The van der Waals surface area contributed by atoms with Gasteiger partial charge in [0.25, 0.3) is 0 Å². The zero-order valence-corrected chi connectivity index (χ0v) is 20.1. The second kappa shape index (κ2) is 8.88. The van der Waals surface area contributed by atoms with Crippen LogP contribution >= 0.6 is 0 Å². The van der Waals surface area contributed by atoms with Gasteiger partial charge in [0, 0.05) is 5.56 Å². The van der Waals surface area contributed by atoms with Gasteiger partial charge in [0.15, 0.2) is 0 Å². The molecule has 2 atom stereocenters. The monoisotopic (exact) mass is 406 g/mol. The minimum Gasteiger partial charge on any atom is -0.493 e. The van der Waals surface area contributed by atoms with Gasteiger partial charge in [-0.05, 0) is 89.5 Å². The van der Waals surface area contributed by atoms with Crippen LogP contribution in [0.4, 0.5) is 0 Å². The van der Waals surface area contributed by atoms with E-state index in [-0.39, 0.29) is 5.60 Å². The number of hydrogen-bond donors (Lipinski definition) is 0. The van der Waals surface area contributed by atoms with Crippen LogP contribution in [0.2, 0.25) is 0 Å². The summed E-state index contributed by atoms with van der Waals surface area (Å²) < 4.78 is 12.7. The molecule has 2 heteroatoms. The number of allylic oxidation sites excluding steroid dienone is 2. The molecule has 2 unspecified atom stereocenters. The van der Waals surface area contributed by atoms with Gasteiger partial charge < -0.3 is 9.47 Å². The van der Waals surface area contributed by atoms with E-state index in [1.54, 1.807) is 0 Å². The molecule has 2 nitrogen and oxygen atoms in total. The second-order valence-electron chi connectivity index (χ2n) is 9.61. The molecule has 0 saturated heterocycles. The van der Waals surface area contributed by atoms with Crippen molar-refractivity contribution in [2.75, 3.05) is 6.61 Å². The first-order valence-corrected chi connectivity index (χ1v) is 11.4. The van der Waals surface area contributed by atoms with Crippen molar-refractivity contribution < 1.29 is 9.47 Å². The lowest BCUT2D eigenvalue weighted by molar-refractivity contribution is 0.105. The van der Waals surface area contributed by atoms with Gasteiger partial charge in [0.2, 0.25) is 0 Å². The lowest BCUT2D eigenvalue weighted by Gasteiger charge is -2.36. The minimum atomic E-state index is -0.365. The van der Waals surface area contributed by atoms with E-state index >= 15 is 0 Å². The maximum Gasteiger partial charge on any atom is 0.132 e. The van der Waals surface area contributed by atoms with Crippen molar-refractivity contribution in [2.24, 2.45) is 5.92 Å². The summed E-state index contributed by atoms with van der Waals surface area (Å²) in [6, 6.07) is 11.1. The molecule has 2 aromatic rings. The summed E-state index contributed by atoms with van der Waals surface area (Å²) in [5.74, 6) is 2.91. The van der Waals surface area contributed by atoms with Gasteiger partial charge in [-0.2, -0.15) is 0 Å². The maximum absolute atomic E-state index is 6.57. The van der Waals surface area contributed by atoms with Crippen LogP contribution < -0.4 is 9.47 Å². The highest BCUT2D eigenvalue weighted by Crippen LogP contribution is 2.51. The molecule has 162 valence electrons.